The number of ether oxygens (including phenoxy) is 1. The number of carbonyl (C=O) groups excluding carboxylic acids is 1. The first-order valence-corrected chi connectivity index (χ1v) is 3.83. The molecule has 1 saturated heterocycles. The summed E-state index contributed by atoms with van der Waals surface area (Å²) in [6, 6.07) is 0. The van der Waals surface area contributed by atoms with Crippen LogP contribution in [-0.4, -0.2) is 56.9 Å². The molecule has 1 aliphatic heterocycles. The molecule has 76 valence electrons. The Morgan fingerprint density at radius 2 is 1.62 bits per heavy atom. The topological polar surface area (TPSA) is 107 Å². The Morgan fingerprint density at radius 3 is 2.08 bits per heavy atom. The van der Waals surface area contributed by atoms with Crippen molar-refractivity contribution in [2.75, 3.05) is 0 Å². The summed E-state index contributed by atoms with van der Waals surface area (Å²) >= 11 is 0. The minimum absolute atomic E-state index is 0.516. The molecule has 0 amide bonds. The van der Waals surface area contributed by atoms with E-state index in [1.165, 1.54) is 0 Å². The molecule has 0 aromatic rings. The Kier molecular flexibility index (Phi) is 2.99. The smallest absolute Gasteiger partial charge is 0.184 e. The maximum atomic E-state index is 10.8. The van der Waals surface area contributed by atoms with Crippen LogP contribution in [0.4, 0.5) is 0 Å². The molecular weight excluding hydrogens is 180 g/mol. The zero-order valence-electron chi connectivity index (χ0n) is 6.99. The van der Waals surface area contributed by atoms with Crippen LogP contribution in [0.5, 0.6) is 0 Å². The lowest BCUT2D eigenvalue weighted by molar-refractivity contribution is -0.274. The molecule has 0 unspecified atom stereocenters. The van der Waals surface area contributed by atoms with E-state index in [9.17, 15) is 9.90 Å². The predicted molar refractivity (Wildman–Crippen MR) is 39.6 cm³/mol. The van der Waals surface area contributed by atoms with Crippen LogP contribution in [0.15, 0.2) is 0 Å². The Morgan fingerprint density at radius 1 is 1.08 bits per heavy atom. The standard InChI is InChI=1S/C7H12O6/c1-2(8)6-4(10)3(9)5(11)7(12)13-6/h3-7,9-12H,1H3/t3-,4+,5+,6-,7-/m1/s1. The Hall–Kier alpha value is -0.530. The maximum absolute atomic E-state index is 10.8. The molecule has 5 atom stereocenters. The zero-order chi connectivity index (χ0) is 10.2. The summed E-state index contributed by atoms with van der Waals surface area (Å²) in [6.45, 7) is 1.16. The molecule has 1 aliphatic rings. The van der Waals surface area contributed by atoms with E-state index < -0.39 is 36.5 Å². The van der Waals surface area contributed by atoms with Crippen molar-refractivity contribution in [2.45, 2.75) is 37.6 Å². The molecule has 0 saturated carbocycles. The van der Waals surface area contributed by atoms with Gasteiger partial charge in [0.2, 0.25) is 0 Å². The molecule has 0 aromatic heterocycles. The molecule has 0 aliphatic carbocycles. The van der Waals surface area contributed by atoms with Crippen LogP contribution in [0.1, 0.15) is 6.92 Å². The number of hydrogen-bond acceptors (Lipinski definition) is 6. The number of carbonyl (C=O) groups is 1. The first-order chi connectivity index (χ1) is 5.95. The first kappa shape index (κ1) is 10.6. The minimum Gasteiger partial charge on any atom is -0.387 e. The lowest BCUT2D eigenvalue weighted by atomic mass is 9.97. The molecule has 1 fully saturated rings. The second kappa shape index (κ2) is 3.69. The van der Waals surface area contributed by atoms with Gasteiger partial charge in [-0.05, 0) is 6.92 Å². The summed E-state index contributed by atoms with van der Waals surface area (Å²) < 4.78 is 4.59. The van der Waals surface area contributed by atoms with Crippen molar-refractivity contribution in [2.24, 2.45) is 0 Å². The zero-order valence-corrected chi connectivity index (χ0v) is 6.99. The SMILES string of the molecule is CC(=O)[C@H]1O[C@@H](O)[C@@H](O)[C@H](O)[C@@H]1O. The van der Waals surface area contributed by atoms with E-state index in [0.29, 0.717) is 0 Å². The number of ketones is 1. The van der Waals surface area contributed by atoms with Crippen molar-refractivity contribution in [3.63, 3.8) is 0 Å². The largest absolute Gasteiger partial charge is 0.387 e. The van der Waals surface area contributed by atoms with Crippen molar-refractivity contribution in [3.8, 4) is 0 Å². The van der Waals surface area contributed by atoms with Gasteiger partial charge in [0.05, 0.1) is 0 Å². The van der Waals surface area contributed by atoms with Crippen molar-refractivity contribution in [1.29, 1.82) is 0 Å². The predicted octanol–water partition coefficient (Wildman–Crippen LogP) is -2.62. The molecule has 6 heteroatoms. The summed E-state index contributed by atoms with van der Waals surface area (Å²) in [5.41, 5.74) is 0. The summed E-state index contributed by atoms with van der Waals surface area (Å²) in [7, 11) is 0. The van der Waals surface area contributed by atoms with Crippen LogP contribution in [0.3, 0.4) is 0 Å². The number of rotatable bonds is 1. The van der Waals surface area contributed by atoms with Gasteiger partial charge in [-0.3, -0.25) is 4.79 Å². The number of aliphatic hydroxyl groups excluding tert-OH is 4. The monoisotopic (exact) mass is 192 g/mol. The first-order valence-electron chi connectivity index (χ1n) is 3.83. The van der Waals surface area contributed by atoms with Crippen LogP contribution in [0.2, 0.25) is 0 Å². The molecule has 13 heavy (non-hydrogen) atoms. The molecule has 1 heterocycles. The molecule has 4 N–H and O–H groups in total. The van der Waals surface area contributed by atoms with E-state index in [4.69, 9.17) is 15.3 Å². The fourth-order valence-electron chi connectivity index (χ4n) is 1.20. The molecule has 1 rings (SSSR count). The third-order valence-corrected chi connectivity index (χ3v) is 1.99. The molecule has 0 spiro atoms. The number of aliphatic hydroxyl groups is 4. The van der Waals surface area contributed by atoms with E-state index in [2.05, 4.69) is 4.74 Å². The molecular formula is C7H12O6. The highest BCUT2D eigenvalue weighted by Crippen LogP contribution is 2.20. The van der Waals surface area contributed by atoms with E-state index in [1.54, 1.807) is 0 Å². The van der Waals surface area contributed by atoms with Gasteiger partial charge in [-0.2, -0.15) is 0 Å². The Bertz CT molecular complexity index is 205. The summed E-state index contributed by atoms with van der Waals surface area (Å²) in [5.74, 6) is -0.516. The average Bonchev–Trinajstić information content (AvgIpc) is 2.07. The lowest BCUT2D eigenvalue weighted by Crippen LogP contribution is -2.59. The highest BCUT2D eigenvalue weighted by atomic mass is 16.6. The van der Waals surface area contributed by atoms with Gasteiger partial charge in [0.15, 0.2) is 12.1 Å². The van der Waals surface area contributed by atoms with Gasteiger partial charge in [-0.1, -0.05) is 0 Å². The van der Waals surface area contributed by atoms with Gasteiger partial charge in [0.25, 0.3) is 0 Å². The highest BCUT2D eigenvalue weighted by molar-refractivity contribution is 5.81. The maximum Gasteiger partial charge on any atom is 0.184 e. The van der Waals surface area contributed by atoms with Crippen LogP contribution >= 0.6 is 0 Å². The average molecular weight is 192 g/mol. The van der Waals surface area contributed by atoms with E-state index in [-0.39, 0.29) is 0 Å². The highest BCUT2D eigenvalue weighted by Gasteiger charge is 2.44. The molecule has 6 nitrogen and oxygen atoms in total. The van der Waals surface area contributed by atoms with Crippen molar-refractivity contribution in [1.82, 2.24) is 0 Å². The summed E-state index contributed by atoms with van der Waals surface area (Å²) in [6.07, 6.45) is -7.60. The third-order valence-electron chi connectivity index (χ3n) is 1.99. The molecule has 0 aromatic carbocycles. The Balaban J connectivity index is 2.76. The third kappa shape index (κ3) is 1.87. The Labute approximate surface area is 74.4 Å². The van der Waals surface area contributed by atoms with Gasteiger partial charge in [-0.25, -0.2) is 0 Å². The van der Waals surface area contributed by atoms with Gasteiger partial charge >= 0.3 is 0 Å². The minimum atomic E-state index is -1.65. The van der Waals surface area contributed by atoms with Gasteiger partial charge in [0.1, 0.15) is 24.4 Å². The van der Waals surface area contributed by atoms with Crippen molar-refractivity contribution >= 4 is 5.78 Å². The van der Waals surface area contributed by atoms with Crippen molar-refractivity contribution < 1.29 is 30.0 Å². The van der Waals surface area contributed by atoms with Crippen LogP contribution in [-0.2, 0) is 9.53 Å². The van der Waals surface area contributed by atoms with Gasteiger partial charge in [0, 0.05) is 0 Å². The lowest BCUT2D eigenvalue weighted by Gasteiger charge is -2.37. The molecule has 0 bridgehead atoms. The van der Waals surface area contributed by atoms with Gasteiger partial charge in [-0.15, -0.1) is 0 Å². The second-order valence-electron chi connectivity index (χ2n) is 3.03. The second-order valence-corrected chi connectivity index (χ2v) is 3.03. The quantitative estimate of drug-likeness (QED) is 0.362. The van der Waals surface area contributed by atoms with Crippen LogP contribution in [0, 0.1) is 0 Å². The van der Waals surface area contributed by atoms with Gasteiger partial charge < -0.3 is 25.2 Å². The van der Waals surface area contributed by atoms with E-state index in [1.807, 2.05) is 0 Å². The normalized spacial score (nSPS) is 46.1. The number of Topliss-reactive ketones (excluding diaryl/α,β-unsaturated/α-hetero) is 1. The van der Waals surface area contributed by atoms with Crippen LogP contribution < -0.4 is 0 Å². The fraction of sp³-hybridized carbons (Fsp3) is 0.857. The van der Waals surface area contributed by atoms with E-state index >= 15 is 0 Å². The van der Waals surface area contributed by atoms with Crippen molar-refractivity contribution in [3.05, 3.63) is 0 Å². The van der Waals surface area contributed by atoms with Crippen LogP contribution in [0.25, 0.3) is 0 Å². The molecule has 0 radical (unpaired) electrons. The number of hydrogen-bond donors (Lipinski definition) is 4. The summed E-state index contributed by atoms with van der Waals surface area (Å²) in [5, 5.41) is 36.4. The summed E-state index contributed by atoms with van der Waals surface area (Å²) in [4.78, 5) is 10.8. The van der Waals surface area contributed by atoms with E-state index in [0.717, 1.165) is 6.92 Å². The fourth-order valence-corrected chi connectivity index (χ4v) is 1.20.